The number of thioether (sulfide) groups is 1. The van der Waals surface area contributed by atoms with Crippen molar-refractivity contribution < 1.29 is 0 Å². The second-order valence-corrected chi connectivity index (χ2v) is 6.62. The second kappa shape index (κ2) is 5.45. The van der Waals surface area contributed by atoms with Gasteiger partial charge >= 0.3 is 0 Å². The molecule has 0 radical (unpaired) electrons. The van der Waals surface area contributed by atoms with Crippen molar-refractivity contribution in [2.75, 3.05) is 6.54 Å². The lowest BCUT2D eigenvalue weighted by atomic mass is 10.00. The number of rotatable bonds is 4. The Bertz CT molecular complexity index is 367. The Kier molecular flexibility index (Phi) is 3.72. The minimum Gasteiger partial charge on any atom is -0.314 e. The molecule has 1 heterocycles. The molecule has 1 aliphatic heterocycles. The van der Waals surface area contributed by atoms with Crippen molar-refractivity contribution in [1.82, 2.24) is 5.32 Å². The van der Waals surface area contributed by atoms with Gasteiger partial charge in [-0.15, -0.1) is 11.8 Å². The molecule has 1 unspecified atom stereocenters. The first-order valence-corrected chi connectivity index (χ1v) is 7.78. The topological polar surface area (TPSA) is 12.0 Å². The highest BCUT2D eigenvalue weighted by molar-refractivity contribution is 8.00. The van der Waals surface area contributed by atoms with Gasteiger partial charge < -0.3 is 5.32 Å². The van der Waals surface area contributed by atoms with Crippen molar-refractivity contribution in [3.8, 4) is 0 Å². The van der Waals surface area contributed by atoms with E-state index in [-0.39, 0.29) is 0 Å². The molecule has 0 aromatic heterocycles. The van der Waals surface area contributed by atoms with Crippen LogP contribution in [0.2, 0.25) is 0 Å². The summed E-state index contributed by atoms with van der Waals surface area (Å²) in [5, 5.41) is 4.50. The minimum absolute atomic E-state index is 0.721. The van der Waals surface area contributed by atoms with Crippen LogP contribution in [0.5, 0.6) is 0 Å². The van der Waals surface area contributed by atoms with Crippen LogP contribution in [0.25, 0.3) is 0 Å². The van der Waals surface area contributed by atoms with E-state index < -0.39 is 0 Å². The van der Waals surface area contributed by atoms with Gasteiger partial charge in [0.1, 0.15) is 0 Å². The van der Waals surface area contributed by atoms with Crippen LogP contribution in [0.1, 0.15) is 37.7 Å². The van der Waals surface area contributed by atoms with Gasteiger partial charge in [-0.25, -0.2) is 0 Å². The second-order valence-electron chi connectivity index (χ2n) is 5.28. The summed E-state index contributed by atoms with van der Waals surface area (Å²) in [7, 11) is 0. The van der Waals surface area contributed by atoms with Crippen LogP contribution in [0, 0.1) is 0 Å². The SMILES string of the molecule is c1ccc(SC2CCC2)c(CC2CCCN2)c1. The summed E-state index contributed by atoms with van der Waals surface area (Å²) in [6, 6.07) is 9.73. The summed E-state index contributed by atoms with van der Waals surface area (Å²) in [6.07, 6.45) is 8.19. The average Bonchev–Trinajstić information content (AvgIpc) is 2.78. The van der Waals surface area contributed by atoms with Crippen LogP contribution >= 0.6 is 11.8 Å². The van der Waals surface area contributed by atoms with Crippen LogP contribution < -0.4 is 5.32 Å². The highest BCUT2D eigenvalue weighted by atomic mass is 32.2. The maximum absolute atomic E-state index is 3.60. The van der Waals surface area contributed by atoms with E-state index in [2.05, 4.69) is 41.3 Å². The summed E-state index contributed by atoms with van der Waals surface area (Å²) >= 11 is 2.11. The van der Waals surface area contributed by atoms with E-state index in [4.69, 9.17) is 0 Å². The molecule has 92 valence electrons. The van der Waals surface area contributed by atoms with Crippen LogP contribution in [-0.4, -0.2) is 17.8 Å². The lowest BCUT2D eigenvalue weighted by molar-refractivity contribution is 0.521. The molecule has 1 saturated carbocycles. The Morgan fingerprint density at radius 2 is 2.00 bits per heavy atom. The highest BCUT2D eigenvalue weighted by Crippen LogP contribution is 2.38. The lowest BCUT2D eigenvalue weighted by Crippen LogP contribution is -2.24. The van der Waals surface area contributed by atoms with Crippen LogP contribution in [0.4, 0.5) is 0 Å². The van der Waals surface area contributed by atoms with Crippen LogP contribution in [0.3, 0.4) is 0 Å². The molecule has 1 N–H and O–H groups in total. The van der Waals surface area contributed by atoms with Gasteiger partial charge in [-0.1, -0.05) is 24.6 Å². The number of hydrogen-bond acceptors (Lipinski definition) is 2. The summed E-state index contributed by atoms with van der Waals surface area (Å²) in [5.41, 5.74) is 1.56. The molecule has 0 spiro atoms. The third-order valence-electron chi connectivity index (χ3n) is 3.95. The van der Waals surface area contributed by atoms with E-state index in [0.29, 0.717) is 0 Å². The molecule has 1 atom stereocenters. The molecule has 1 aromatic carbocycles. The zero-order chi connectivity index (χ0) is 11.5. The Hall–Kier alpha value is -0.470. The highest BCUT2D eigenvalue weighted by Gasteiger charge is 2.21. The van der Waals surface area contributed by atoms with Gasteiger partial charge in [-0.3, -0.25) is 0 Å². The Morgan fingerprint density at radius 1 is 1.12 bits per heavy atom. The van der Waals surface area contributed by atoms with Gasteiger partial charge in [0.25, 0.3) is 0 Å². The van der Waals surface area contributed by atoms with Crippen molar-refractivity contribution in [1.29, 1.82) is 0 Å². The van der Waals surface area contributed by atoms with E-state index in [1.165, 1.54) is 50.0 Å². The third-order valence-corrected chi connectivity index (χ3v) is 5.40. The molecule has 3 rings (SSSR count). The van der Waals surface area contributed by atoms with Crippen molar-refractivity contribution in [2.24, 2.45) is 0 Å². The summed E-state index contributed by atoms with van der Waals surface area (Å²) in [4.78, 5) is 1.53. The molecule has 0 bridgehead atoms. The van der Waals surface area contributed by atoms with E-state index in [0.717, 1.165) is 11.3 Å². The molecular weight excluding hydrogens is 226 g/mol. The number of nitrogens with one attached hydrogen (secondary N) is 1. The first-order valence-electron chi connectivity index (χ1n) is 6.90. The van der Waals surface area contributed by atoms with Crippen molar-refractivity contribution in [3.63, 3.8) is 0 Å². The summed E-state index contributed by atoms with van der Waals surface area (Å²) in [6.45, 7) is 1.21. The average molecular weight is 247 g/mol. The third kappa shape index (κ3) is 2.86. The molecule has 1 aliphatic carbocycles. The first kappa shape index (κ1) is 11.6. The Morgan fingerprint density at radius 3 is 2.71 bits per heavy atom. The van der Waals surface area contributed by atoms with Gasteiger partial charge in [0, 0.05) is 16.2 Å². The van der Waals surface area contributed by atoms with E-state index in [1.54, 1.807) is 5.56 Å². The molecule has 1 aromatic rings. The first-order chi connectivity index (χ1) is 8.42. The molecule has 2 heteroatoms. The molecule has 1 nitrogen and oxygen atoms in total. The molecule has 2 aliphatic rings. The fraction of sp³-hybridized carbons (Fsp3) is 0.600. The zero-order valence-electron chi connectivity index (χ0n) is 10.3. The molecule has 1 saturated heterocycles. The minimum atomic E-state index is 0.721. The fourth-order valence-electron chi connectivity index (χ4n) is 2.65. The normalized spacial score (nSPS) is 24.8. The zero-order valence-corrected chi connectivity index (χ0v) is 11.1. The fourth-order valence-corrected chi connectivity index (χ4v) is 4.04. The maximum Gasteiger partial charge on any atom is 0.0108 e. The Balaban J connectivity index is 1.68. The molecule has 17 heavy (non-hydrogen) atoms. The predicted octanol–water partition coefficient (Wildman–Crippen LogP) is 3.63. The van der Waals surface area contributed by atoms with Crippen LogP contribution in [0.15, 0.2) is 29.2 Å². The standard InChI is InChI=1S/C15H21NS/c1-2-9-15(17-14-7-3-8-14)12(5-1)11-13-6-4-10-16-13/h1-2,5,9,13-14,16H,3-4,6-8,10-11H2. The largest absolute Gasteiger partial charge is 0.314 e. The maximum atomic E-state index is 3.60. The van der Waals surface area contributed by atoms with Crippen molar-refractivity contribution >= 4 is 11.8 Å². The van der Waals surface area contributed by atoms with Gasteiger partial charge in [0.15, 0.2) is 0 Å². The molecule has 0 amide bonds. The van der Waals surface area contributed by atoms with Gasteiger partial charge in [0.2, 0.25) is 0 Å². The Labute approximate surface area is 108 Å². The molecule has 2 fully saturated rings. The summed E-state index contributed by atoms with van der Waals surface area (Å²) < 4.78 is 0. The van der Waals surface area contributed by atoms with E-state index >= 15 is 0 Å². The van der Waals surface area contributed by atoms with Gasteiger partial charge in [0.05, 0.1) is 0 Å². The van der Waals surface area contributed by atoms with E-state index in [9.17, 15) is 0 Å². The van der Waals surface area contributed by atoms with Crippen molar-refractivity contribution in [2.45, 2.75) is 54.7 Å². The lowest BCUT2D eigenvalue weighted by Gasteiger charge is -2.26. The number of benzene rings is 1. The predicted molar refractivity (Wildman–Crippen MR) is 74.7 cm³/mol. The number of hydrogen-bond donors (Lipinski definition) is 1. The summed E-state index contributed by atoms with van der Waals surface area (Å²) in [5.74, 6) is 0. The van der Waals surface area contributed by atoms with E-state index in [1.807, 2.05) is 0 Å². The van der Waals surface area contributed by atoms with Crippen molar-refractivity contribution in [3.05, 3.63) is 29.8 Å². The molecular formula is C15H21NS. The quantitative estimate of drug-likeness (QED) is 0.872. The van der Waals surface area contributed by atoms with Gasteiger partial charge in [-0.05, 0) is 50.3 Å². The monoisotopic (exact) mass is 247 g/mol. The van der Waals surface area contributed by atoms with Gasteiger partial charge in [-0.2, -0.15) is 0 Å². The smallest absolute Gasteiger partial charge is 0.0108 e. The van der Waals surface area contributed by atoms with Crippen LogP contribution in [-0.2, 0) is 6.42 Å².